The standard InChI is InChI=1S/C21H19ClN2O5/c1-14(25)15-5-8-18(9-6-15)28-10-2-3-21(27)29-13-20(26)24-17-7-4-16(12-23)19(22)11-17/h4-9,11H,2-3,10,13H2,1H3,(H,24,26). The average molecular weight is 415 g/mol. The number of halogens is 1. The van der Waals surface area contributed by atoms with Crippen molar-refractivity contribution in [2.75, 3.05) is 18.5 Å². The summed E-state index contributed by atoms with van der Waals surface area (Å²) in [5.41, 5.74) is 1.30. The number of Topliss-reactive ketones (excluding diaryl/α,β-unsaturated/α-hetero) is 1. The highest BCUT2D eigenvalue weighted by molar-refractivity contribution is 6.32. The second kappa shape index (κ2) is 10.8. The van der Waals surface area contributed by atoms with Crippen LogP contribution in [0.1, 0.15) is 35.7 Å². The van der Waals surface area contributed by atoms with Crippen molar-refractivity contribution in [3.63, 3.8) is 0 Å². The Kier molecular flexibility index (Phi) is 8.19. The summed E-state index contributed by atoms with van der Waals surface area (Å²) in [5, 5.41) is 11.6. The predicted molar refractivity (Wildman–Crippen MR) is 107 cm³/mol. The summed E-state index contributed by atoms with van der Waals surface area (Å²) < 4.78 is 10.4. The third kappa shape index (κ3) is 7.28. The van der Waals surface area contributed by atoms with E-state index in [-0.39, 0.29) is 17.2 Å². The lowest BCUT2D eigenvalue weighted by Gasteiger charge is -2.08. The van der Waals surface area contributed by atoms with Gasteiger partial charge in [-0.05, 0) is 55.8 Å². The smallest absolute Gasteiger partial charge is 0.306 e. The van der Waals surface area contributed by atoms with Crippen molar-refractivity contribution in [3.05, 3.63) is 58.6 Å². The fourth-order valence-corrected chi connectivity index (χ4v) is 2.51. The van der Waals surface area contributed by atoms with Gasteiger partial charge in [0.2, 0.25) is 0 Å². The fraction of sp³-hybridized carbons (Fsp3) is 0.238. The van der Waals surface area contributed by atoms with Gasteiger partial charge in [0.15, 0.2) is 12.4 Å². The number of carbonyl (C=O) groups is 3. The Balaban J connectivity index is 1.65. The molecule has 0 spiro atoms. The molecule has 0 aliphatic heterocycles. The Morgan fingerprint density at radius 3 is 2.48 bits per heavy atom. The van der Waals surface area contributed by atoms with E-state index in [1.165, 1.54) is 25.1 Å². The van der Waals surface area contributed by atoms with E-state index in [4.69, 9.17) is 26.3 Å². The summed E-state index contributed by atoms with van der Waals surface area (Å²) in [7, 11) is 0. The number of ether oxygens (including phenoxy) is 2. The number of amides is 1. The molecule has 0 heterocycles. The number of nitrogens with zero attached hydrogens (tertiary/aromatic N) is 1. The fourth-order valence-electron chi connectivity index (χ4n) is 2.29. The monoisotopic (exact) mass is 414 g/mol. The van der Waals surface area contributed by atoms with E-state index in [9.17, 15) is 14.4 Å². The maximum absolute atomic E-state index is 11.8. The van der Waals surface area contributed by atoms with E-state index < -0.39 is 18.5 Å². The molecule has 0 aromatic heterocycles. The second-order valence-corrected chi connectivity index (χ2v) is 6.46. The molecule has 0 saturated heterocycles. The summed E-state index contributed by atoms with van der Waals surface area (Å²) in [5.74, 6) is -0.455. The largest absolute Gasteiger partial charge is 0.494 e. The predicted octanol–water partition coefficient (Wildman–Crippen LogP) is 3.76. The van der Waals surface area contributed by atoms with Crippen molar-refractivity contribution in [2.45, 2.75) is 19.8 Å². The zero-order chi connectivity index (χ0) is 21.2. The van der Waals surface area contributed by atoms with E-state index in [2.05, 4.69) is 5.32 Å². The molecular weight excluding hydrogens is 396 g/mol. The Labute approximate surface area is 173 Å². The summed E-state index contributed by atoms with van der Waals surface area (Å²) in [4.78, 5) is 34.8. The van der Waals surface area contributed by atoms with Gasteiger partial charge in [0.25, 0.3) is 5.91 Å². The van der Waals surface area contributed by atoms with E-state index in [0.29, 0.717) is 35.6 Å². The molecule has 7 nitrogen and oxygen atoms in total. The molecule has 0 atom stereocenters. The molecule has 1 amide bonds. The number of hydrogen-bond donors (Lipinski definition) is 1. The van der Waals surface area contributed by atoms with Crippen molar-refractivity contribution in [1.82, 2.24) is 0 Å². The molecule has 1 N–H and O–H groups in total. The topological polar surface area (TPSA) is 105 Å². The molecule has 0 bridgehead atoms. The van der Waals surface area contributed by atoms with Crippen LogP contribution in [0.25, 0.3) is 0 Å². The van der Waals surface area contributed by atoms with Crippen LogP contribution < -0.4 is 10.1 Å². The van der Waals surface area contributed by atoms with Crippen molar-refractivity contribution in [2.24, 2.45) is 0 Å². The summed E-state index contributed by atoms with van der Waals surface area (Å²) in [6.07, 6.45) is 0.516. The average Bonchev–Trinajstić information content (AvgIpc) is 2.70. The number of carbonyl (C=O) groups excluding carboxylic acids is 3. The van der Waals surface area contributed by atoms with E-state index in [0.717, 1.165) is 0 Å². The van der Waals surface area contributed by atoms with Crippen LogP contribution in [0.2, 0.25) is 5.02 Å². The van der Waals surface area contributed by atoms with Crippen LogP contribution in [0.4, 0.5) is 5.69 Å². The van der Waals surface area contributed by atoms with Gasteiger partial charge >= 0.3 is 5.97 Å². The molecule has 2 rings (SSSR count). The highest BCUT2D eigenvalue weighted by Crippen LogP contribution is 2.20. The molecule has 0 aliphatic rings. The van der Waals surface area contributed by atoms with Crippen LogP contribution in [0.15, 0.2) is 42.5 Å². The first-order chi connectivity index (χ1) is 13.9. The Bertz CT molecular complexity index is 935. The minimum Gasteiger partial charge on any atom is -0.494 e. The number of benzene rings is 2. The Morgan fingerprint density at radius 1 is 1.14 bits per heavy atom. The zero-order valence-electron chi connectivity index (χ0n) is 15.7. The molecular formula is C21H19ClN2O5. The zero-order valence-corrected chi connectivity index (χ0v) is 16.5. The number of hydrogen-bond acceptors (Lipinski definition) is 6. The van der Waals surface area contributed by atoms with Crippen LogP contribution in [0, 0.1) is 11.3 Å². The minimum atomic E-state index is -0.520. The molecule has 29 heavy (non-hydrogen) atoms. The molecule has 0 unspecified atom stereocenters. The van der Waals surface area contributed by atoms with Crippen molar-refractivity contribution >= 4 is 34.9 Å². The second-order valence-electron chi connectivity index (χ2n) is 6.05. The first-order valence-corrected chi connectivity index (χ1v) is 9.16. The van der Waals surface area contributed by atoms with Gasteiger partial charge in [-0.15, -0.1) is 0 Å². The highest BCUT2D eigenvalue weighted by atomic mass is 35.5. The lowest BCUT2D eigenvalue weighted by atomic mass is 10.1. The maximum atomic E-state index is 11.8. The molecule has 2 aromatic rings. The van der Waals surface area contributed by atoms with Gasteiger partial charge < -0.3 is 14.8 Å². The van der Waals surface area contributed by atoms with Gasteiger partial charge in [-0.2, -0.15) is 5.26 Å². The van der Waals surface area contributed by atoms with Gasteiger partial charge in [-0.1, -0.05) is 11.6 Å². The van der Waals surface area contributed by atoms with E-state index >= 15 is 0 Å². The molecule has 150 valence electrons. The molecule has 0 saturated carbocycles. The number of esters is 1. The van der Waals surface area contributed by atoms with Crippen LogP contribution in [-0.2, 0) is 14.3 Å². The van der Waals surface area contributed by atoms with E-state index in [1.54, 1.807) is 24.3 Å². The molecule has 0 fully saturated rings. The van der Waals surface area contributed by atoms with Gasteiger partial charge in [0, 0.05) is 17.7 Å². The number of nitriles is 1. The van der Waals surface area contributed by atoms with E-state index in [1.807, 2.05) is 6.07 Å². The molecule has 0 aliphatic carbocycles. The van der Waals surface area contributed by atoms with Gasteiger partial charge in [-0.3, -0.25) is 14.4 Å². The van der Waals surface area contributed by atoms with Gasteiger partial charge in [0.05, 0.1) is 17.2 Å². The summed E-state index contributed by atoms with van der Waals surface area (Å²) in [6.45, 7) is 1.36. The quantitative estimate of drug-likeness (QED) is 0.380. The third-order valence-corrected chi connectivity index (χ3v) is 4.11. The first-order valence-electron chi connectivity index (χ1n) is 8.78. The maximum Gasteiger partial charge on any atom is 0.306 e. The summed E-state index contributed by atoms with van der Waals surface area (Å²) in [6, 6.07) is 13.1. The SMILES string of the molecule is CC(=O)c1ccc(OCCCC(=O)OCC(=O)Nc2ccc(C#N)c(Cl)c2)cc1. The van der Waals surface area contributed by atoms with Crippen LogP contribution in [-0.4, -0.2) is 30.9 Å². The third-order valence-electron chi connectivity index (χ3n) is 3.79. The number of nitrogens with one attached hydrogen (secondary N) is 1. The van der Waals surface area contributed by atoms with Gasteiger partial charge in [-0.25, -0.2) is 0 Å². The number of rotatable bonds is 9. The lowest BCUT2D eigenvalue weighted by molar-refractivity contribution is -0.147. The van der Waals surface area contributed by atoms with Crippen LogP contribution in [0.5, 0.6) is 5.75 Å². The lowest BCUT2D eigenvalue weighted by Crippen LogP contribution is -2.21. The van der Waals surface area contributed by atoms with Crippen molar-refractivity contribution in [3.8, 4) is 11.8 Å². The van der Waals surface area contributed by atoms with Crippen molar-refractivity contribution in [1.29, 1.82) is 5.26 Å². The highest BCUT2D eigenvalue weighted by Gasteiger charge is 2.09. The number of anilines is 1. The first kappa shape index (κ1) is 21.9. The molecule has 8 heteroatoms. The van der Waals surface area contributed by atoms with Crippen molar-refractivity contribution < 1.29 is 23.9 Å². The van der Waals surface area contributed by atoms with Crippen LogP contribution in [0.3, 0.4) is 0 Å². The molecule has 0 radical (unpaired) electrons. The van der Waals surface area contributed by atoms with Crippen LogP contribution >= 0.6 is 11.6 Å². The minimum absolute atomic E-state index is 0.0226. The Hall–Kier alpha value is -3.37. The normalized spacial score (nSPS) is 9.97. The summed E-state index contributed by atoms with van der Waals surface area (Å²) >= 11 is 5.89. The van der Waals surface area contributed by atoms with Gasteiger partial charge in [0.1, 0.15) is 11.8 Å². The molecule has 2 aromatic carbocycles. The Morgan fingerprint density at radius 2 is 1.86 bits per heavy atom. The number of ketones is 1.